The normalized spacial score (nSPS) is 12.8. The van der Waals surface area contributed by atoms with E-state index in [2.05, 4.69) is 196 Å². The largest absolute Gasteiger partial charge is 0.354 e. The number of nitrogens with zero attached hydrogens (tertiary/aromatic N) is 3. The minimum atomic E-state index is 1.15. The Kier molecular flexibility index (Phi) is 5.52. The van der Waals surface area contributed by atoms with E-state index >= 15 is 0 Å². The van der Waals surface area contributed by atoms with Gasteiger partial charge in [0.2, 0.25) is 0 Å². The second-order valence-corrected chi connectivity index (χ2v) is 17.1. The molecule has 2 aliphatic rings. The molecule has 0 radical (unpaired) electrons. The quantitative estimate of drug-likeness (QED) is 0.127. The number of benzene rings is 10. The van der Waals surface area contributed by atoms with Gasteiger partial charge in [-0.15, -0.1) is 0 Å². The number of fused-ring (bicyclic) bond motifs is 19. The van der Waals surface area contributed by atoms with Gasteiger partial charge in [-0.25, -0.2) is 0 Å². The molecule has 0 atom stereocenters. The summed E-state index contributed by atoms with van der Waals surface area (Å²) < 4.78 is 7.86. The Morgan fingerprint density at radius 1 is 0.350 bits per heavy atom. The number of para-hydroxylation sites is 1. The summed E-state index contributed by atoms with van der Waals surface area (Å²) in [7, 11) is 0. The molecule has 4 heteroatoms. The molecule has 0 spiro atoms. The smallest absolute Gasteiger partial charge is 0.0954 e. The van der Waals surface area contributed by atoms with Gasteiger partial charge < -0.3 is 18.4 Å². The average molecular weight is 763 g/mol. The van der Waals surface area contributed by atoms with Crippen LogP contribution in [0.25, 0.3) is 137 Å². The van der Waals surface area contributed by atoms with Crippen molar-refractivity contribution in [2.75, 3.05) is 0 Å². The molecule has 0 aliphatic carbocycles. The fraction of sp³-hybridized carbons (Fsp3) is 0.0357. The number of rotatable bonds is 1. The van der Waals surface area contributed by atoms with Crippen LogP contribution in [0, 0.1) is 13.8 Å². The zero-order valence-electron chi connectivity index (χ0n) is 32.9. The Labute approximate surface area is 342 Å². The molecule has 13 aromatic rings. The van der Waals surface area contributed by atoms with E-state index in [0.29, 0.717) is 0 Å². The summed E-state index contributed by atoms with van der Waals surface area (Å²) in [6.45, 7) is 4.52. The highest BCUT2D eigenvalue weighted by atomic mass is 15.1. The highest BCUT2D eigenvalue weighted by Gasteiger charge is 2.30. The number of hydrogen-bond acceptors (Lipinski definition) is 0. The van der Waals surface area contributed by atoms with Crippen molar-refractivity contribution >= 4 is 120 Å². The van der Waals surface area contributed by atoms with E-state index in [1.165, 1.54) is 137 Å². The molecular weight excluding hydrogens is 729 g/mol. The van der Waals surface area contributed by atoms with Crippen LogP contribution in [0.3, 0.4) is 0 Å². The van der Waals surface area contributed by atoms with Gasteiger partial charge in [0.1, 0.15) is 0 Å². The van der Waals surface area contributed by atoms with Crippen molar-refractivity contribution in [3.05, 3.63) is 175 Å². The van der Waals surface area contributed by atoms with Crippen molar-refractivity contribution in [1.82, 2.24) is 18.4 Å². The maximum atomic E-state index is 3.79. The van der Waals surface area contributed by atoms with Crippen molar-refractivity contribution in [1.29, 1.82) is 0 Å². The van der Waals surface area contributed by atoms with Gasteiger partial charge in [-0.3, -0.25) is 0 Å². The van der Waals surface area contributed by atoms with Gasteiger partial charge in [-0.1, -0.05) is 115 Å². The highest BCUT2D eigenvalue weighted by molar-refractivity contribution is 6.32. The first-order valence-corrected chi connectivity index (χ1v) is 20.9. The minimum absolute atomic E-state index is 1.15. The van der Waals surface area contributed by atoms with E-state index < -0.39 is 0 Å². The first-order valence-electron chi connectivity index (χ1n) is 20.9. The van der Waals surface area contributed by atoms with Crippen LogP contribution < -0.4 is 0 Å². The number of hydrogen-bond donors (Lipinski definition) is 1. The third-order valence-corrected chi connectivity index (χ3v) is 14.0. The molecular formula is C56H34N4. The van der Waals surface area contributed by atoms with Crippen LogP contribution in [0.1, 0.15) is 11.1 Å². The first-order chi connectivity index (χ1) is 29.6. The second kappa shape index (κ2) is 10.6. The van der Waals surface area contributed by atoms with E-state index in [9.17, 15) is 0 Å². The molecule has 0 saturated carbocycles. The van der Waals surface area contributed by atoms with Gasteiger partial charge in [0.05, 0.1) is 49.8 Å². The monoisotopic (exact) mass is 762 g/mol. The SMILES string of the molecule is Cc1ccccc1-c1cc2c3c4ccccc4cc4c3n(c2cc1C)c1c2c(cc3ccccc31)n1c3cc5[nH]c6ccccc6c5cc3c3c5ccccc5cc(c31)n4-2. The van der Waals surface area contributed by atoms with Gasteiger partial charge in [0.15, 0.2) is 0 Å². The molecule has 60 heavy (non-hydrogen) atoms. The molecule has 1 N–H and O–H groups in total. The molecule has 0 amide bonds. The van der Waals surface area contributed by atoms with Gasteiger partial charge >= 0.3 is 0 Å². The molecule has 0 saturated heterocycles. The number of aryl methyl sites for hydroxylation is 2. The second-order valence-electron chi connectivity index (χ2n) is 17.1. The van der Waals surface area contributed by atoms with Crippen LogP contribution in [0.2, 0.25) is 0 Å². The number of nitrogens with one attached hydrogen (secondary N) is 1. The van der Waals surface area contributed by atoms with Gasteiger partial charge in [-0.05, 0) is 112 Å². The number of aromatic amines is 1. The lowest BCUT2D eigenvalue weighted by Gasteiger charge is -2.26. The summed E-state index contributed by atoms with van der Waals surface area (Å²) in [4.78, 5) is 3.79. The maximum Gasteiger partial charge on any atom is 0.0954 e. The van der Waals surface area contributed by atoms with Crippen molar-refractivity contribution < 1.29 is 0 Å². The third-order valence-electron chi connectivity index (χ3n) is 14.0. The lowest BCUT2D eigenvalue weighted by atomic mass is 9.94. The predicted molar refractivity (Wildman–Crippen MR) is 254 cm³/mol. The molecule has 3 aromatic heterocycles. The van der Waals surface area contributed by atoms with Crippen LogP contribution in [0.5, 0.6) is 0 Å². The van der Waals surface area contributed by atoms with Crippen molar-refractivity contribution in [3.8, 4) is 16.8 Å². The van der Waals surface area contributed by atoms with Crippen LogP contribution in [-0.2, 0) is 0 Å². The van der Waals surface area contributed by atoms with Crippen LogP contribution >= 0.6 is 0 Å². The van der Waals surface area contributed by atoms with Crippen LogP contribution in [0.15, 0.2) is 164 Å². The summed E-state index contributed by atoms with van der Waals surface area (Å²) in [6, 6.07) is 61.7. The Hall–Kier alpha value is -7.82. The first kappa shape index (κ1) is 31.2. The Balaban J connectivity index is 1.29. The summed E-state index contributed by atoms with van der Waals surface area (Å²) in [5, 5.41) is 15.2. The minimum Gasteiger partial charge on any atom is -0.354 e. The lowest BCUT2D eigenvalue weighted by molar-refractivity contribution is 1.11. The van der Waals surface area contributed by atoms with Crippen molar-refractivity contribution in [2.45, 2.75) is 13.8 Å². The molecule has 5 heterocycles. The number of H-pyrrole nitrogens is 1. The van der Waals surface area contributed by atoms with E-state index in [0.717, 1.165) is 11.0 Å². The van der Waals surface area contributed by atoms with Crippen molar-refractivity contribution in [3.63, 3.8) is 0 Å². The molecule has 2 aliphatic heterocycles. The molecule has 0 unspecified atom stereocenters. The van der Waals surface area contributed by atoms with Crippen LogP contribution in [-0.4, -0.2) is 18.4 Å². The maximum absolute atomic E-state index is 3.79. The molecule has 0 fully saturated rings. The molecule has 10 aromatic carbocycles. The van der Waals surface area contributed by atoms with E-state index in [-0.39, 0.29) is 0 Å². The Morgan fingerprint density at radius 3 is 1.65 bits per heavy atom. The third kappa shape index (κ3) is 3.62. The fourth-order valence-electron chi connectivity index (χ4n) is 11.5. The van der Waals surface area contributed by atoms with Gasteiger partial charge in [0.25, 0.3) is 0 Å². The van der Waals surface area contributed by atoms with E-state index in [1.54, 1.807) is 0 Å². The summed E-state index contributed by atoms with van der Waals surface area (Å²) in [5.41, 5.74) is 18.5. The molecule has 0 bridgehead atoms. The Bertz CT molecular complexity index is 4370. The standard InChI is InChI=1S/C56H34N4/c1-30-13-3-7-17-35(30)40-27-42-46(23-31(40)2)60-53-38-20-10-6-16-34(38)26-50-56(53)59(49-25-33-15-5-9-19-37(33)52(42)55(49)60)48-24-32-14-4-8-18-36(32)51-43-28-41-39-21-11-12-22-44(39)57-45(41)29-47(43)58(50)54(48)51/h3-29,57H,1-2H3. The van der Waals surface area contributed by atoms with E-state index in [4.69, 9.17) is 0 Å². The number of aromatic nitrogens is 4. The topological polar surface area (TPSA) is 29.5 Å². The predicted octanol–water partition coefficient (Wildman–Crippen LogP) is 15.0. The van der Waals surface area contributed by atoms with E-state index in [1.807, 2.05) is 0 Å². The zero-order valence-corrected chi connectivity index (χ0v) is 32.9. The van der Waals surface area contributed by atoms with Gasteiger partial charge in [0, 0.05) is 48.7 Å². The summed E-state index contributed by atoms with van der Waals surface area (Å²) in [5.74, 6) is 0. The average Bonchev–Trinajstić information content (AvgIpc) is 3.93. The Morgan fingerprint density at radius 2 is 0.917 bits per heavy atom. The molecule has 4 nitrogen and oxygen atoms in total. The van der Waals surface area contributed by atoms with Gasteiger partial charge in [-0.2, -0.15) is 0 Å². The lowest BCUT2D eigenvalue weighted by Crippen LogP contribution is -2.11. The summed E-state index contributed by atoms with van der Waals surface area (Å²) >= 11 is 0. The van der Waals surface area contributed by atoms with Crippen molar-refractivity contribution in [2.24, 2.45) is 0 Å². The fourth-order valence-corrected chi connectivity index (χ4v) is 11.5. The molecule has 15 rings (SSSR count). The molecule has 278 valence electrons. The van der Waals surface area contributed by atoms with Crippen LogP contribution in [0.4, 0.5) is 0 Å². The zero-order chi connectivity index (χ0) is 39.1. The highest BCUT2D eigenvalue weighted by Crippen LogP contribution is 2.50. The summed E-state index contributed by atoms with van der Waals surface area (Å²) in [6.07, 6.45) is 0.